The van der Waals surface area contributed by atoms with E-state index in [1.54, 1.807) is 42.5 Å². The molecule has 9 unspecified atom stereocenters. The summed E-state index contributed by atoms with van der Waals surface area (Å²) < 4.78 is 93.3. The summed E-state index contributed by atoms with van der Waals surface area (Å²) in [5, 5.41) is 35.7. The highest BCUT2D eigenvalue weighted by Crippen LogP contribution is 2.61. The number of piperidine rings is 1. The summed E-state index contributed by atoms with van der Waals surface area (Å²) in [5.41, 5.74) is 10.8. The lowest BCUT2D eigenvalue weighted by Gasteiger charge is -2.37. The number of aliphatic hydroxyl groups excluding tert-OH is 2. The van der Waals surface area contributed by atoms with Crippen LogP contribution in [0.5, 0.6) is 0 Å². The Balaban J connectivity index is 0.853. The van der Waals surface area contributed by atoms with Gasteiger partial charge in [0, 0.05) is 42.8 Å². The van der Waals surface area contributed by atoms with E-state index in [1.165, 1.54) is 30.9 Å². The van der Waals surface area contributed by atoms with Crippen molar-refractivity contribution in [3.63, 3.8) is 0 Å². The van der Waals surface area contributed by atoms with Crippen molar-refractivity contribution in [1.29, 1.82) is 5.41 Å². The van der Waals surface area contributed by atoms with E-state index >= 15 is 0 Å². The van der Waals surface area contributed by atoms with Gasteiger partial charge < -0.3 is 61.5 Å². The second-order valence-corrected chi connectivity index (χ2v) is 26.8. The molecule has 452 valence electrons. The fraction of sp³-hybridized carbons (Fsp3) is 0.447. The summed E-state index contributed by atoms with van der Waals surface area (Å²) in [5.74, 6) is -2.47. The van der Waals surface area contributed by atoms with Crippen LogP contribution in [-0.4, -0.2) is 166 Å². The number of nitrogens with one attached hydrogen (secondary N) is 4. The molecule has 3 amide bonds. The number of nitrogens with two attached hydrogens (primary N) is 2. The standard InChI is InChI=1S/C47H62N11O20P3S2/c1-47(2,24-75-81(70,71)78-80(68,69)74-23-34-38(77-79(65,66)67)37(60)45(76-34)58-26-55-36-41(50)53-25-54-42(36)58)39(61)43(62)52-16-15-35(59)51-17-19-82-46(64)33-12-5-6-18-57(33)44(63)32(21-27-8-7-11-30(20-27)40(48)49)56-83(72,73)31-14-13-28-9-3-4-10-29(28)22-31/h3-4,7-11,13-14,20,22,25-26,32-34,37-39,45,56,60-61H,5-6,12,15-19,21,23-24H2,1-2H3,(H3,48,49)(H,51,59)(H,52,62)(H,68,69)(H,70,71)(H2,50,53,54)(H2,65,66,67). The van der Waals surface area contributed by atoms with Crippen LogP contribution in [0.4, 0.5) is 5.82 Å². The van der Waals surface area contributed by atoms with Crippen LogP contribution in [0.1, 0.15) is 56.9 Å². The number of rotatable bonds is 27. The monoisotopic (exact) mass is 1260 g/mol. The van der Waals surface area contributed by atoms with Gasteiger partial charge in [-0.1, -0.05) is 74.1 Å². The van der Waals surface area contributed by atoms with Crippen molar-refractivity contribution >= 4 is 102 Å². The molecule has 2 fully saturated rings. The van der Waals surface area contributed by atoms with Gasteiger partial charge in [0.25, 0.3) is 0 Å². The minimum Gasteiger partial charge on any atom is -0.386 e. The molecule has 0 spiro atoms. The molecule has 83 heavy (non-hydrogen) atoms. The molecule has 3 aromatic carbocycles. The topological polar surface area (TPSA) is 480 Å². The van der Waals surface area contributed by atoms with Crippen molar-refractivity contribution in [2.75, 3.05) is 44.3 Å². The van der Waals surface area contributed by atoms with Gasteiger partial charge in [0.1, 0.15) is 54.2 Å². The lowest BCUT2D eigenvalue weighted by atomic mass is 9.87. The highest BCUT2D eigenvalue weighted by atomic mass is 32.2. The van der Waals surface area contributed by atoms with Crippen LogP contribution in [0, 0.1) is 10.8 Å². The van der Waals surface area contributed by atoms with E-state index in [0.29, 0.717) is 35.8 Å². The number of amidine groups is 1. The molecular weight excluding hydrogens is 1200 g/mol. The molecule has 9 atom stereocenters. The molecule has 4 heterocycles. The van der Waals surface area contributed by atoms with E-state index in [4.69, 9.17) is 30.7 Å². The van der Waals surface area contributed by atoms with Gasteiger partial charge in [-0.05, 0) is 60.2 Å². The lowest BCUT2D eigenvalue weighted by molar-refractivity contribution is -0.140. The number of ether oxygens (including phenoxy) is 1. The number of nitrogens with zero attached hydrogens (tertiary/aromatic N) is 5. The fourth-order valence-electron chi connectivity index (χ4n) is 8.89. The smallest absolute Gasteiger partial charge is 0.386 e. The number of benzene rings is 3. The number of hydrogen-bond acceptors (Lipinski definition) is 22. The van der Waals surface area contributed by atoms with Crippen molar-refractivity contribution in [2.24, 2.45) is 11.1 Å². The van der Waals surface area contributed by atoms with Gasteiger partial charge in [-0.25, -0.2) is 37.1 Å². The van der Waals surface area contributed by atoms with Crippen LogP contribution < -0.4 is 26.8 Å². The number of hydrogen-bond donors (Lipinski definition) is 12. The number of sulfonamides is 1. The van der Waals surface area contributed by atoms with Crippen molar-refractivity contribution in [1.82, 2.24) is 39.8 Å². The van der Waals surface area contributed by atoms with Gasteiger partial charge in [-0.2, -0.15) is 9.03 Å². The molecule has 2 aliphatic rings. The van der Waals surface area contributed by atoms with Crippen molar-refractivity contribution in [3.05, 3.63) is 90.5 Å². The van der Waals surface area contributed by atoms with Crippen molar-refractivity contribution < 1.29 is 93.7 Å². The SMILES string of the molecule is CC(C)(COP(=O)(O)OP(=O)(O)OCC1OC(n2cnc3c(N)ncnc32)C(O)C1OP(=O)(O)O)C(O)C(=O)NCCC(=O)NCCSC(=O)C1CCCCN1C(=O)C(Cc1cccc(C(=N)N)c1)NS(=O)(=O)c1ccc2ccccc2c1. The first-order chi connectivity index (χ1) is 38.9. The molecule has 2 saturated heterocycles. The summed E-state index contributed by atoms with van der Waals surface area (Å²) in [4.78, 5) is 107. The Morgan fingerprint density at radius 1 is 0.940 bits per heavy atom. The molecule has 5 aromatic rings. The first-order valence-electron chi connectivity index (χ1n) is 25.2. The van der Waals surface area contributed by atoms with Gasteiger partial charge in [0.15, 0.2) is 17.7 Å². The Bertz CT molecular complexity index is 3490. The summed E-state index contributed by atoms with van der Waals surface area (Å²) in [7, 11) is -20.9. The molecule has 7 rings (SSSR count). The van der Waals surface area contributed by atoms with Crippen LogP contribution in [0.2, 0.25) is 0 Å². The molecule has 0 saturated carbocycles. The van der Waals surface area contributed by atoms with Crippen LogP contribution in [0.15, 0.2) is 84.3 Å². The lowest BCUT2D eigenvalue weighted by Crippen LogP contribution is -2.55. The Morgan fingerprint density at radius 3 is 2.39 bits per heavy atom. The van der Waals surface area contributed by atoms with Crippen LogP contribution in [-0.2, 0) is 71.9 Å². The Hall–Kier alpha value is -5.67. The number of anilines is 1. The molecule has 36 heteroatoms. The molecule has 2 aliphatic heterocycles. The molecule has 0 radical (unpaired) electrons. The van der Waals surface area contributed by atoms with E-state index < -0.39 is 113 Å². The second-order valence-electron chi connectivity index (χ2n) is 19.8. The van der Waals surface area contributed by atoms with E-state index in [9.17, 15) is 71.1 Å². The molecule has 2 aromatic heterocycles. The fourth-order valence-corrected chi connectivity index (χ4v) is 13.8. The van der Waals surface area contributed by atoms with Gasteiger partial charge in [-0.15, -0.1) is 0 Å². The number of imidazole rings is 1. The number of carbonyl (C=O) groups excluding carboxylic acids is 4. The normalized spacial score (nSPS) is 21.0. The van der Waals surface area contributed by atoms with Crippen molar-refractivity contribution in [2.45, 2.75) is 93.6 Å². The van der Waals surface area contributed by atoms with Crippen LogP contribution in [0.3, 0.4) is 0 Å². The molecule has 14 N–H and O–H groups in total. The third-order valence-electron chi connectivity index (χ3n) is 13.1. The minimum atomic E-state index is -5.65. The number of phosphoric ester groups is 3. The number of aromatic nitrogens is 4. The van der Waals surface area contributed by atoms with Crippen LogP contribution >= 0.6 is 35.2 Å². The van der Waals surface area contributed by atoms with Crippen molar-refractivity contribution in [3.8, 4) is 0 Å². The summed E-state index contributed by atoms with van der Waals surface area (Å²) in [6.07, 6.45) is -6.01. The zero-order chi connectivity index (χ0) is 60.7. The maximum Gasteiger partial charge on any atom is 0.481 e. The Kier molecular flexibility index (Phi) is 21.2. The highest BCUT2D eigenvalue weighted by molar-refractivity contribution is 8.13. The maximum absolute atomic E-state index is 14.5. The maximum atomic E-state index is 14.5. The average molecular weight is 1260 g/mol. The number of phosphoric acid groups is 3. The van der Waals surface area contributed by atoms with Gasteiger partial charge in [0.2, 0.25) is 32.9 Å². The number of aliphatic hydroxyl groups is 2. The first-order valence-corrected chi connectivity index (χ1v) is 32.2. The van der Waals surface area contributed by atoms with Crippen LogP contribution in [0.25, 0.3) is 21.9 Å². The van der Waals surface area contributed by atoms with Gasteiger partial charge in [0.05, 0.1) is 24.4 Å². The summed E-state index contributed by atoms with van der Waals surface area (Å²) in [6.45, 7) is 0.138. The molecular formula is C47H62N11O20P3S2. The largest absolute Gasteiger partial charge is 0.481 e. The third-order valence-corrected chi connectivity index (χ3v) is 18.6. The summed E-state index contributed by atoms with van der Waals surface area (Å²) >= 11 is 0.860. The average Bonchev–Trinajstić information content (AvgIpc) is 2.64. The summed E-state index contributed by atoms with van der Waals surface area (Å²) in [6, 6.07) is 16.0. The number of carbonyl (C=O) groups is 4. The van der Waals surface area contributed by atoms with Gasteiger partial charge >= 0.3 is 23.5 Å². The molecule has 0 aliphatic carbocycles. The first kappa shape index (κ1) is 64.9. The van der Waals surface area contributed by atoms with E-state index in [2.05, 4.69) is 39.1 Å². The Morgan fingerprint density at radius 2 is 1.66 bits per heavy atom. The molecule has 31 nitrogen and oxygen atoms in total. The van der Waals surface area contributed by atoms with E-state index in [0.717, 1.165) is 34.4 Å². The predicted molar refractivity (Wildman–Crippen MR) is 296 cm³/mol. The van der Waals surface area contributed by atoms with E-state index in [-0.39, 0.29) is 71.1 Å². The number of likely N-dealkylation sites (tertiary alicyclic amines) is 1. The predicted octanol–water partition coefficient (Wildman–Crippen LogP) is 1.07. The number of thioether (sulfide) groups is 1. The van der Waals surface area contributed by atoms with Gasteiger partial charge in [-0.3, -0.25) is 42.7 Å². The molecule has 0 bridgehead atoms. The minimum absolute atomic E-state index is 0.00676. The Labute approximate surface area is 478 Å². The van der Waals surface area contributed by atoms with E-state index in [1.807, 2.05) is 12.1 Å². The third kappa shape index (κ3) is 17.3. The number of fused-ring (bicyclic) bond motifs is 2. The quantitative estimate of drug-likeness (QED) is 0.0151. The second kappa shape index (κ2) is 27.1. The number of amides is 3. The zero-order valence-corrected chi connectivity index (χ0v) is 48.6. The number of nitrogen functional groups attached to an aromatic ring is 2. The zero-order valence-electron chi connectivity index (χ0n) is 44.3. The highest BCUT2D eigenvalue weighted by Gasteiger charge is 2.50.